The van der Waals surface area contributed by atoms with Crippen LogP contribution in [0.25, 0.3) is 6.08 Å². The number of amides is 1. The predicted octanol–water partition coefficient (Wildman–Crippen LogP) is 5.65. The first-order valence-corrected chi connectivity index (χ1v) is 11.4. The zero-order valence-electron chi connectivity index (χ0n) is 19.1. The van der Waals surface area contributed by atoms with Crippen molar-refractivity contribution >= 4 is 17.8 Å². The second-order valence-corrected chi connectivity index (χ2v) is 8.11. The van der Waals surface area contributed by atoms with Crippen molar-refractivity contribution in [3.63, 3.8) is 0 Å². The molecule has 3 aromatic rings. The Kier molecular flexibility index (Phi) is 7.23. The Morgan fingerprint density at radius 2 is 1.71 bits per heavy atom. The average molecular weight is 454 g/mol. The van der Waals surface area contributed by atoms with Gasteiger partial charge in [-0.05, 0) is 41.3 Å². The summed E-state index contributed by atoms with van der Waals surface area (Å²) in [5.41, 5.74) is 2.53. The number of benzene rings is 3. The molecule has 0 aromatic heterocycles. The molecule has 1 unspecified atom stereocenters. The van der Waals surface area contributed by atoms with Gasteiger partial charge in [0, 0.05) is 6.54 Å². The molecule has 34 heavy (non-hydrogen) atoms. The van der Waals surface area contributed by atoms with Gasteiger partial charge in [-0.1, -0.05) is 85.8 Å². The molecule has 5 nitrogen and oxygen atoms in total. The summed E-state index contributed by atoms with van der Waals surface area (Å²) in [5, 5.41) is 10.8. The van der Waals surface area contributed by atoms with E-state index in [0.29, 0.717) is 17.9 Å². The Morgan fingerprint density at radius 1 is 1.00 bits per heavy atom. The van der Waals surface area contributed by atoms with E-state index in [0.717, 1.165) is 17.5 Å². The van der Waals surface area contributed by atoms with E-state index in [-0.39, 0.29) is 12.1 Å². The van der Waals surface area contributed by atoms with E-state index < -0.39 is 23.5 Å². The highest BCUT2D eigenvalue weighted by molar-refractivity contribution is 6.14. The van der Waals surface area contributed by atoms with Crippen LogP contribution >= 0.6 is 0 Å². The topological polar surface area (TPSA) is 66.8 Å². The van der Waals surface area contributed by atoms with Crippen molar-refractivity contribution in [3.05, 3.63) is 119 Å². The van der Waals surface area contributed by atoms with Crippen LogP contribution in [0.3, 0.4) is 0 Å². The maximum atomic E-state index is 13.3. The second-order valence-electron chi connectivity index (χ2n) is 8.11. The van der Waals surface area contributed by atoms with Gasteiger partial charge in [-0.3, -0.25) is 9.59 Å². The molecule has 1 aliphatic heterocycles. The van der Waals surface area contributed by atoms with Gasteiger partial charge in [-0.15, -0.1) is 0 Å². The summed E-state index contributed by atoms with van der Waals surface area (Å²) in [4.78, 5) is 28.0. The molecule has 3 aromatic carbocycles. The molecule has 172 valence electrons. The van der Waals surface area contributed by atoms with Gasteiger partial charge in [0.2, 0.25) is 0 Å². The standard InChI is InChI=1S/C29H27NO4/c1-2-18-34-24-15-9-14-23(19-24)27-26(25(31)17-16-21-10-5-3-6-11-21)28(32)29(33)30(27)20-22-12-7-4-8-13-22/h3-17,19,27,32H,2,18,20H2,1H3. The van der Waals surface area contributed by atoms with E-state index in [1.54, 1.807) is 6.08 Å². The molecule has 1 aliphatic rings. The van der Waals surface area contributed by atoms with Crippen molar-refractivity contribution in [3.8, 4) is 5.75 Å². The van der Waals surface area contributed by atoms with E-state index in [2.05, 4.69) is 0 Å². The molecule has 0 aliphatic carbocycles. The number of hydrogen-bond donors (Lipinski definition) is 1. The number of hydrogen-bond acceptors (Lipinski definition) is 4. The Bertz CT molecular complexity index is 1220. The van der Waals surface area contributed by atoms with Gasteiger partial charge < -0.3 is 14.7 Å². The minimum absolute atomic E-state index is 0.0701. The molecule has 1 atom stereocenters. The number of ether oxygens (including phenoxy) is 1. The highest BCUT2D eigenvalue weighted by Crippen LogP contribution is 2.40. The fourth-order valence-electron chi connectivity index (χ4n) is 4.02. The van der Waals surface area contributed by atoms with Crippen molar-refractivity contribution in [1.82, 2.24) is 4.90 Å². The molecular formula is C29H27NO4. The van der Waals surface area contributed by atoms with E-state index in [9.17, 15) is 14.7 Å². The summed E-state index contributed by atoms with van der Waals surface area (Å²) in [6.45, 7) is 2.85. The number of ketones is 1. The van der Waals surface area contributed by atoms with Crippen LogP contribution in [0.15, 0.2) is 102 Å². The molecule has 0 radical (unpaired) electrons. The minimum atomic E-state index is -0.731. The number of carbonyl (C=O) groups is 2. The van der Waals surface area contributed by atoms with Crippen LogP contribution in [0.5, 0.6) is 5.75 Å². The highest BCUT2D eigenvalue weighted by atomic mass is 16.5. The van der Waals surface area contributed by atoms with Crippen LogP contribution in [0.1, 0.15) is 36.1 Å². The summed E-state index contributed by atoms with van der Waals surface area (Å²) >= 11 is 0. The van der Waals surface area contributed by atoms with Crippen molar-refractivity contribution < 1.29 is 19.4 Å². The first-order valence-electron chi connectivity index (χ1n) is 11.4. The Morgan fingerprint density at radius 3 is 2.41 bits per heavy atom. The quantitative estimate of drug-likeness (QED) is 0.425. The summed E-state index contributed by atoms with van der Waals surface area (Å²) in [6.07, 6.45) is 3.95. The van der Waals surface area contributed by atoms with Gasteiger partial charge in [-0.2, -0.15) is 0 Å². The van der Waals surface area contributed by atoms with Crippen LogP contribution in [0.4, 0.5) is 0 Å². The second kappa shape index (κ2) is 10.7. The molecular weight excluding hydrogens is 426 g/mol. The number of aliphatic hydroxyl groups excluding tert-OH is 1. The van der Waals surface area contributed by atoms with E-state index in [1.807, 2.05) is 91.9 Å². The van der Waals surface area contributed by atoms with Gasteiger partial charge in [0.15, 0.2) is 11.5 Å². The zero-order valence-corrected chi connectivity index (χ0v) is 19.1. The SMILES string of the molecule is CCCOc1cccc(C2C(C(=O)C=Cc3ccccc3)=C(O)C(=O)N2Cc2ccccc2)c1. The van der Waals surface area contributed by atoms with Crippen LogP contribution in [0, 0.1) is 0 Å². The fraction of sp³-hybridized carbons (Fsp3) is 0.172. The van der Waals surface area contributed by atoms with Crippen molar-refractivity contribution in [2.24, 2.45) is 0 Å². The smallest absolute Gasteiger partial charge is 0.290 e. The maximum Gasteiger partial charge on any atom is 0.290 e. The lowest BCUT2D eigenvalue weighted by Gasteiger charge is -2.27. The molecule has 1 heterocycles. The predicted molar refractivity (Wildman–Crippen MR) is 132 cm³/mol. The summed E-state index contributed by atoms with van der Waals surface area (Å²) < 4.78 is 5.78. The normalized spacial score (nSPS) is 15.9. The third-order valence-electron chi connectivity index (χ3n) is 5.64. The van der Waals surface area contributed by atoms with E-state index in [1.165, 1.54) is 11.0 Å². The zero-order chi connectivity index (χ0) is 23.9. The Hall–Kier alpha value is -4.12. The van der Waals surface area contributed by atoms with Gasteiger partial charge in [0.05, 0.1) is 18.2 Å². The third kappa shape index (κ3) is 5.09. The molecule has 0 spiro atoms. The lowest BCUT2D eigenvalue weighted by atomic mass is 9.95. The summed E-state index contributed by atoms with van der Waals surface area (Å²) in [7, 11) is 0. The minimum Gasteiger partial charge on any atom is -0.503 e. The first-order chi connectivity index (χ1) is 16.6. The Balaban J connectivity index is 1.72. The lowest BCUT2D eigenvalue weighted by molar-refractivity contribution is -0.130. The van der Waals surface area contributed by atoms with Crippen LogP contribution in [0.2, 0.25) is 0 Å². The number of nitrogens with zero attached hydrogens (tertiary/aromatic N) is 1. The van der Waals surface area contributed by atoms with Gasteiger partial charge in [-0.25, -0.2) is 0 Å². The monoisotopic (exact) mass is 453 g/mol. The molecule has 1 amide bonds. The first kappa shape index (κ1) is 23.1. The van der Waals surface area contributed by atoms with Crippen LogP contribution in [-0.4, -0.2) is 28.3 Å². The van der Waals surface area contributed by atoms with E-state index in [4.69, 9.17) is 4.74 Å². The van der Waals surface area contributed by atoms with Crippen molar-refractivity contribution in [2.75, 3.05) is 6.61 Å². The fourth-order valence-corrected chi connectivity index (χ4v) is 4.02. The molecule has 0 saturated heterocycles. The highest BCUT2D eigenvalue weighted by Gasteiger charge is 2.43. The molecule has 0 saturated carbocycles. The average Bonchev–Trinajstić information content (AvgIpc) is 3.12. The third-order valence-corrected chi connectivity index (χ3v) is 5.64. The van der Waals surface area contributed by atoms with E-state index >= 15 is 0 Å². The lowest BCUT2D eigenvalue weighted by Crippen LogP contribution is -2.30. The number of carbonyl (C=O) groups excluding carboxylic acids is 2. The van der Waals surface area contributed by atoms with Crippen LogP contribution < -0.4 is 4.74 Å². The number of rotatable bonds is 9. The van der Waals surface area contributed by atoms with Gasteiger partial charge in [0.1, 0.15) is 5.75 Å². The summed E-state index contributed by atoms with van der Waals surface area (Å²) in [6, 6.07) is 25.6. The molecule has 5 heteroatoms. The van der Waals surface area contributed by atoms with Crippen molar-refractivity contribution in [2.45, 2.75) is 25.9 Å². The number of aliphatic hydroxyl groups is 1. The summed E-state index contributed by atoms with van der Waals surface area (Å²) in [5.74, 6) is -0.826. The Labute approximate surface area is 199 Å². The largest absolute Gasteiger partial charge is 0.503 e. The van der Waals surface area contributed by atoms with Crippen molar-refractivity contribution in [1.29, 1.82) is 0 Å². The molecule has 4 rings (SSSR count). The molecule has 1 N–H and O–H groups in total. The molecule has 0 bridgehead atoms. The van der Waals surface area contributed by atoms with Gasteiger partial charge in [0.25, 0.3) is 5.91 Å². The van der Waals surface area contributed by atoms with Gasteiger partial charge >= 0.3 is 0 Å². The van der Waals surface area contributed by atoms with Crippen LogP contribution in [-0.2, 0) is 16.1 Å². The molecule has 0 fully saturated rings. The number of allylic oxidation sites excluding steroid dienone is 1. The maximum absolute atomic E-state index is 13.3.